The predicted molar refractivity (Wildman–Crippen MR) is 276 cm³/mol. The fourth-order valence-electron chi connectivity index (χ4n) is 16.6. The van der Waals surface area contributed by atoms with Gasteiger partial charge in [0.25, 0.3) is 0 Å². The Balaban J connectivity index is 1.01. The van der Waals surface area contributed by atoms with Crippen molar-refractivity contribution in [2.75, 3.05) is 26.4 Å². The highest BCUT2D eigenvalue weighted by atomic mass is 16.8. The number of esters is 2. The van der Waals surface area contributed by atoms with Crippen LogP contribution in [0.1, 0.15) is 132 Å². The molecule has 27 atom stereocenters. The quantitative estimate of drug-likeness (QED) is 0.0470. The van der Waals surface area contributed by atoms with Crippen molar-refractivity contribution in [2.45, 2.75) is 255 Å². The molecule has 0 radical (unpaired) electrons. The second-order valence-corrected chi connectivity index (χ2v) is 27.0. The molecule has 9 aliphatic rings. The van der Waals surface area contributed by atoms with Crippen LogP contribution in [0.3, 0.4) is 0 Å². The zero-order valence-corrected chi connectivity index (χ0v) is 47.5. The van der Waals surface area contributed by atoms with Gasteiger partial charge in [-0.05, 0) is 115 Å². The SMILES string of the molecule is CCCCOC(=O)[C@H]1O[C@@H](O[C@H]2CC[C@]3(C)[C@H]4CC=C5[C@@H]6CC(C)(C)CC[C@]6(C(=O)O[C@@H]6O[C@H](CO)[C@@H](O)[C@H](O)[C@H]6O)CC[C@@]5(C)[C@]4(C)CC[C@H]3C2(C)C)[C@H](O[C@@H]2OC[C@@H](O)[C@H](O)[C@H]2O)[C@@H](O[C@@H]2O[C@H](CO)[C@H](O)[C@H](O)[C@H]2O)[C@@H]1O. The first kappa shape index (κ1) is 62.5. The van der Waals surface area contributed by atoms with Gasteiger partial charge in [0.2, 0.25) is 6.29 Å². The normalized spacial score (nSPS) is 50.9. The van der Waals surface area contributed by atoms with Crippen LogP contribution >= 0.6 is 0 Å². The molecule has 0 spiro atoms. The van der Waals surface area contributed by atoms with Gasteiger partial charge in [-0.2, -0.15) is 0 Å². The van der Waals surface area contributed by atoms with Crippen LogP contribution in [0, 0.1) is 50.2 Å². The average molecular weight is 1150 g/mol. The molecule has 23 heteroatoms. The second kappa shape index (κ2) is 23.3. The number of unbranched alkanes of at least 4 members (excludes halogenated alkanes) is 1. The summed E-state index contributed by atoms with van der Waals surface area (Å²) in [5.41, 5.74) is -1.34. The Bertz CT molecular complexity index is 2210. The molecule has 80 heavy (non-hydrogen) atoms. The lowest BCUT2D eigenvalue weighted by molar-refractivity contribution is -0.391. The van der Waals surface area contributed by atoms with Crippen molar-refractivity contribution in [3.05, 3.63) is 11.6 Å². The van der Waals surface area contributed by atoms with E-state index in [1.54, 1.807) is 0 Å². The van der Waals surface area contributed by atoms with Crippen molar-refractivity contribution in [1.82, 2.24) is 0 Å². The molecular formula is C57H92O23. The van der Waals surface area contributed by atoms with Crippen molar-refractivity contribution in [1.29, 1.82) is 0 Å². The summed E-state index contributed by atoms with van der Waals surface area (Å²) in [5.74, 6) is -1.52. The zero-order chi connectivity index (χ0) is 58.4. The molecule has 0 aromatic heterocycles. The number of carbonyl (C=O) groups excluding carboxylic acids is 2. The molecule has 4 heterocycles. The molecule has 0 aromatic rings. The lowest BCUT2D eigenvalue weighted by atomic mass is 9.33. The maximum atomic E-state index is 14.8. The van der Waals surface area contributed by atoms with E-state index in [1.165, 1.54) is 5.57 Å². The molecule has 12 N–H and O–H groups in total. The van der Waals surface area contributed by atoms with E-state index in [9.17, 15) is 70.9 Å². The Morgan fingerprint density at radius 2 is 1.24 bits per heavy atom. The van der Waals surface area contributed by atoms with E-state index in [-0.39, 0.29) is 46.0 Å². The Hall–Kier alpha value is -2.08. The van der Waals surface area contributed by atoms with Gasteiger partial charge >= 0.3 is 11.9 Å². The number of carbonyl (C=O) groups is 2. The molecule has 4 saturated heterocycles. The fourth-order valence-corrected chi connectivity index (χ4v) is 16.6. The molecule has 4 saturated carbocycles. The first-order valence-electron chi connectivity index (χ1n) is 29.2. The van der Waals surface area contributed by atoms with Crippen molar-refractivity contribution >= 4 is 11.9 Å². The summed E-state index contributed by atoms with van der Waals surface area (Å²) in [7, 11) is 0. The number of rotatable bonds is 14. The van der Waals surface area contributed by atoms with Gasteiger partial charge in [-0.1, -0.05) is 73.5 Å². The standard InChI is InChI=1S/C57H92O23/c1-9-10-21-72-46(70)44-42(69)43(77-48-40(67)37(64)35(62)29(23-58)74-48)45(79-47-39(66)34(61)28(60)25-73-47)50(78-44)76-33-14-15-54(6)31(53(33,4)5)13-16-56(8)32(54)12-11-26-27-22-52(2,3)17-19-57(27,20-18-55(26,56)7)51(71)80-49-41(68)38(65)36(63)30(24-59)75-49/h11,27-45,47-50,58-69H,9-10,12-25H2,1-8H3/t27-,28+,29+,30+,31-,32+,33-,34-,35-,36+,37-,38-,39+,40+,41+,42-,43-,44-,45+,47-,48-,49-,50+,54-,55+,56+,57-/m0/s1. The van der Waals surface area contributed by atoms with E-state index in [4.69, 9.17) is 42.6 Å². The molecule has 5 aliphatic carbocycles. The summed E-state index contributed by atoms with van der Waals surface area (Å²) in [6, 6.07) is 0. The molecule has 8 fully saturated rings. The summed E-state index contributed by atoms with van der Waals surface area (Å²) in [6.45, 7) is 15.8. The van der Waals surface area contributed by atoms with Crippen LogP contribution in [0.4, 0.5) is 0 Å². The van der Waals surface area contributed by atoms with E-state index in [2.05, 4.69) is 54.5 Å². The van der Waals surface area contributed by atoms with Crippen LogP contribution in [0.2, 0.25) is 0 Å². The van der Waals surface area contributed by atoms with E-state index in [0.717, 1.165) is 32.1 Å². The van der Waals surface area contributed by atoms with Crippen molar-refractivity contribution in [3.8, 4) is 0 Å². The van der Waals surface area contributed by atoms with Gasteiger partial charge in [0.15, 0.2) is 25.0 Å². The molecular weight excluding hydrogens is 1050 g/mol. The highest BCUT2D eigenvalue weighted by molar-refractivity contribution is 5.79. The lowest BCUT2D eigenvalue weighted by Gasteiger charge is -2.71. The van der Waals surface area contributed by atoms with Gasteiger partial charge in [0.05, 0.1) is 37.9 Å². The summed E-state index contributed by atoms with van der Waals surface area (Å²) < 4.78 is 54.8. The van der Waals surface area contributed by atoms with Crippen LogP contribution in [0.15, 0.2) is 11.6 Å². The number of aliphatic hydroxyl groups excluding tert-OH is 12. The number of aliphatic hydroxyl groups is 12. The van der Waals surface area contributed by atoms with Gasteiger partial charge in [-0.15, -0.1) is 0 Å². The minimum Gasteiger partial charge on any atom is -0.464 e. The highest BCUT2D eigenvalue weighted by Gasteiger charge is 2.70. The largest absolute Gasteiger partial charge is 0.464 e. The third kappa shape index (κ3) is 10.6. The smallest absolute Gasteiger partial charge is 0.338 e. The van der Waals surface area contributed by atoms with E-state index in [1.807, 2.05) is 6.92 Å². The lowest BCUT2D eigenvalue weighted by Crippen LogP contribution is -2.68. The minimum atomic E-state index is -1.97. The first-order valence-corrected chi connectivity index (χ1v) is 29.2. The topological polar surface area (TPSA) is 360 Å². The first-order chi connectivity index (χ1) is 37.5. The Labute approximate surface area is 467 Å². The van der Waals surface area contributed by atoms with Crippen LogP contribution in [0.5, 0.6) is 0 Å². The molecule has 23 nitrogen and oxygen atoms in total. The summed E-state index contributed by atoms with van der Waals surface area (Å²) in [5, 5.41) is 129. The summed E-state index contributed by atoms with van der Waals surface area (Å²) in [6.07, 6.45) is -22.8. The maximum absolute atomic E-state index is 14.8. The maximum Gasteiger partial charge on any atom is 0.338 e. The number of ether oxygens (including phenoxy) is 9. The van der Waals surface area contributed by atoms with Gasteiger partial charge in [0, 0.05) is 0 Å². The summed E-state index contributed by atoms with van der Waals surface area (Å²) >= 11 is 0. The third-order valence-corrected chi connectivity index (χ3v) is 21.7. The van der Waals surface area contributed by atoms with Gasteiger partial charge in [-0.3, -0.25) is 4.79 Å². The number of allylic oxidation sites excluding steroid dienone is 2. The minimum absolute atomic E-state index is 0.0166. The second-order valence-electron chi connectivity index (χ2n) is 27.0. The molecule has 0 aromatic carbocycles. The Morgan fingerprint density at radius 3 is 1.89 bits per heavy atom. The van der Waals surface area contributed by atoms with Crippen molar-refractivity contribution in [2.24, 2.45) is 50.2 Å². The predicted octanol–water partition coefficient (Wildman–Crippen LogP) is -0.0452. The van der Waals surface area contributed by atoms with Crippen molar-refractivity contribution < 1.29 is 113 Å². The molecule has 4 aliphatic heterocycles. The van der Waals surface area contributed by atoms with Crippen LogP contribution in [-0.4, -0.2) is 222 Å². The van der Waals surface area contributed by atoms with Crippen LogP contribution < -0.4 is 0 Å². The summed E-state index contributed by atoms with van der Waals surface area (Å²) in [4.78, 5) is 28.8. The van der Waals surface area contributed by atoms with E-state index < -0.39 is 165 Å². The number of hydrogen-bond donors (Lipinski definition) is 12. The van der Waals surface area contributed by atoms with Crippen LogP contribution in [-0.2, 0) is 52.2 Å². The van der Waals surface area contributed by atoms with Gasteiger partial charge in [0.1, 0.15) is 85.5 Å². The molecule has 9 rings (SSSR count). The number of fused-ring (bicyclic) bond motifs is 7. The monoisotopic (exact) mass is 1140 g/mol. The van der Waals surface area contributed by atoms with Crippen molar-refractivity contribution in [3.63, 3.8) is 0 Å². The molecule has 0 amide bonds. The van der Waals surface area contributed by atoms with Gasteiger partial charge < -0.3 is 104 Å². The Morgan fingerprint density at radius 1 is 0.625 bits per heavy atom. The Kier molecular flexibility index (Phi) is 18.2. The number of hydrogen-bond acceptors (Lipinski definition) is 23. The van der Waals surface area contributed by atoms with Gasteiger partial charge in [-0.25, -0.2) is 4.79 Å². The van der Waals surface area contributed by atoms with E-state index >= 15 is 0 Å². The highest BCUT2D eigenvalue weighted by Crippen LogP contribution is 2.76. The third-order valence-electron chi connectivity index (χ3n) is 21.7. The van der Waals surface area contributed by atoms with Crippen LogP contribution in [0.25, 0.3) is 0 Å². The molecule has 0 unspecified atom stereocenters. The average Bonchev–Trinajstić information content (AvgIpc) is 3.52. The fraction of sp³-hybridized carbons (Fsp3) is 0.930. The van der Waals surface area contributed by atoms with E-state index in [0.29, 0.717) is 44.9 Å². The molecule has 0 bridgehead atoms. The molecule has 458 valence electrons. The zero-order valence-electron chi connectivity index (χ0n) is 47.5.